The fourth-order valence-corrected chi connectivity index (χ4v) is 3.16. The predicted octanol–water partition coefficient (Wildman–Crippen LogP) is 3.16. The van der Waals surface area contributed by atoms with Crippen molar-refractivity contribution in [2.75, 3.05) is 0 Å². The number of carbonyl (C=O) groups is 1. The topological polar surface area (TPSA) is 85.8 Å². The first-order chi connectivity index (χ1) is 13.0. The van der Waals surface area contributed by atoms with Gasteiger partial charge in [-0.25, -0.2) is 9.97 Å². The zero-order valence-electron chi connectivity index (χ0n) is 14.5. The van der Waals surface area contributed by atoms with Crippen LogP contribution in [0.5, 0.6) is 0 Å². The van der Waals surface area contributed by atoms with Gasteiger partial charge in [-0.1, -0.05) is 11.6 Å². The molecule has 3 aromatic heterocycles. The van der Waals surface area contributed by atoms with Gasteiger partial charge in [0, 0.05) is 30.0 Å². The maximum absolute atomic E-state index is 10.7. The lowest BCUT2D eigenvalue weighted by Crippen LogP contribution is -2.01. The van der Waals surface area contributed by atoms with E-state index in [0.29, 0.717) is 17.3 Å². The number of benzene rings is 1. The van der Waals surface area contributed by atoms with Crippen LogP contribution < -0.4 is 0 Å². The lowest BCUT2D eigenvalue weighted by Gasteiger charge is -2.05. The Labute approximate surface area is 159 Å². The van der Waals surface area contributed by atoms with E-state index in [1.807, 2.05) is 46.5 Å². The Balaban J connectivity index is 1.56. The Morgan fingerprint density at radius 1 is 1.19 bits per heavy atom. The van der Waals surface area contributed by atoms with Crippen molar-refractivity contribution in [2.24, 2.45) is 7.05 Å². The highest BCUT2D eigenvalue weighted by atomic mass is 35.5. The summed E-state index contributed by atoms with van der Waals surface area (Å²) in [5.41, 5.74) is 4.12. The average Bonchev–Trinajstić information content (AvgIpc) is 3.20. The molecule has 1 N–H and O–H groups in total. The second-order valence-corrected chi connectivity index (χ2v) is 6.71. The number of carboxylic acids is 1. The van der Waals surface area contributed by atoms with Gasteiger partial charge in [-0.15, -0.1) is 0 Å². The summed E-state index contributed by atoms with van der Waals surface area (Å²) in [6.45, 7) is 0.519. The summed E-state index contributed by atoms with van der Waals surface area (Å²) < 4.78 is 3.81. The molecule has 1 aromatic carbocycles. The van der Waals surface area contributed by atoms with Crippen LogP contribution in [0.2, 0.25) is 5.02 Å². The second-order valence-electron chi connectivity index (χ2n) is 6.27. The van der Waals surface area contributed by atoms with Gasteiger partial charge in [-0.2, -0.15) is 0 Å². The van der Waals surface area contributed by atoms with Crippen molar-refractivity contribution < 1.29 is 9.90 Å². The lowest BCUT2D eigenvalue weighted by atomic mass is 10.2. The van der Waals surface area contributed by atoms with E-state index >= 15 is 0 Å². The highest BCUT2D eigenvalue weighted by Crippen LogP contribution is 2.25. The number of carboxylic acid groups (broad SMARTS) is 1. The average molecular weight is 382 g/mol. The van der Waals surface area contributed by atoms with Crippen LogP contribution in [0.4, 0.5) is 0 Å². The Hall–Kier alpha value is -3.19. The van der Waals surface area contributed by atoms with Crippen LogP contribution in [0.3, 0.4) is 0 Å². The van der Waals surface area contributed by atoms with Gasteiger partial charge in [0.05, 0.1) is 41.7 Å². The normalized spacial score (nSPS) is 11.2. The molecule has 8 heteroatoms. The molecule has 0 aliphatic carbocycles. The maximum Gasteiger partial charge on any atom is 0.309 e. The molecule has 0 fully saturated rings. The van der Waals surface area contributed by atoms with Crippen molar-refractivity contribution in [3.05, 3.63) is 65.5 Å². The van der Waals surface area contributed by atoms with Gasteiger partial charge in [0.2, 0.25) is 0 Å². The number of aromatic nitrogens is 5. The number of hydrogen-bond acceptors (Lipinski definition) is 4. The standard InChI is InChI=1S/C19H16ClN5O2/c1-24-17-6-13(20)3-5-16(17)23-19(24)12-2-4-14(21-8-12)9-25-10-15(22-11-25)7-18(26)27/h2-6,8,10-11H,7,9H2,1H3,(H,26,27). The third-order valence-corrected chi connectivity index (χ3v) is 4.52. The van der Waals surface area contributed by atoms with E-state index in [2.05, 4.69) is 15.0 Å². The number of halogens is 1. The summed E-state index contributed by atoms with van der Waals surface area (Å²) in [4.78, 5) is 24.0. The quantitative estimate of drug-likeness (QED) is 0.574. The minimum absolute atomic E-state index is 0.0872. The fourth-order valence-electron chi connectivity index (χ4n) is 3.00. The zero-order valence-corrected chi connectivity index (χ0v) is 15.3. The van der Waals surface area contributed by atoms with Crippen LogP contribution in [-0.4, -0.2) is 35.2 Å². The third-order valence-electron chi connectivity index (χ3n) is 4.29. The van der Waals surface area contributed by atoms with Gasteiger partial charge in [0.25, 0.3) is 0 Å². The third kappa shape index (κ3) is 3.54. The Bertz CT molecular complexity index is 1130. The zero-order chi connectivity index (χ0) is 19.0. The minimum Gasteiger partial charge on any atom is -0.481 e. The van der Waals surface area contributed by atoms with E-state index in [4.69, 9.17) is 16.7 Å². The number of rotatable bonds is 5. The first-order valence-electron chi connectivity index (χ1n) is 8.29. The Kier molecular flexibility index (Phi) is 4.37. The fraction of sp³-hybridized carbons (Fsp3) is 0.158. The van der Waals surface area contributed by atoms with Crippen LogP contribution in [0.15, 0.2) is 49.1 Å². The molecule has 0 saturated heterocycles. The Morgan fingerprint density at radius 3 is 2.78 bits per heavy atom. The van der Waals surface area contributed by atoms with Crippen LogP contribution >= 0.6 is 11.6 Å². The largest absolute Gasteiger partial charge is 0.481 e. The number of pyridine rings is 1. The van der Waals surface area contributed by atoms with Gasteiger partial charge in [-0.3, -0.25) is 9.78 Å². The highest BCUT2D eigenvalue weighted by Gasteiger charge is 2.11. The number of aliphatic carboxylic acids is 1. The molecule has 4 rings (SSSR count). The van der Waals surface area contributed by atoms with Crippen molar-refractivity contribution >= 4 is 28.6 Å². The number of imidazole rings is 2. The number of aryl methyl sites for hydroxylation is 1. The van der Waals surface area contributed by atoms with E-state index in [-0.39, 0.29) is 6.42 Å². The number of nitrogens with zero attached hydrogens (tertiary/aromatic N) is 5. The van der Waals surface area contributed by atoms with Gasteiger partial charge in [0.1, 0.15) is 5.82 Å². The predicted molar refractivity (Wildman–Crippen MR) is 102 cm³/mol. The highest BCUT2D eigenvalue weighted by molar-refractivity contribution is 6.31. The van der Waals surface area contributed by atoms with Crippen molar-refractivity contribution in [1.82, 2.24) is 24.1 Å². The van der Waals surface area contributed by atoms with Crippen LogP contribution in [-0.2, 0) is 24.8 Å². The monoisotopic (exact) mass is 381 g/mol. The van der Waals surface area contributed by atoms with E-state index in [1.165, 1.54) is 0 Å². The maximum atomic E-state index is 10.7. The summed E-state index contributed by atoms with van der Waals surface area (Å²) in [5.74, 6) is -0.0795. The van der Waals surface area contributed by atoms with Crippen molar-refractivity contribution in [3.8, 4) is 11.4 Å². The minimum atomic E-state index is -0.897. The van der Waals surface area contributed by atoms with Crippen LogP contribution in [0.25, 0.3) is 22.4 Å². The van der Waals surface area contributed by atoms with Crippen molar-refractivity contribution in [3.63, 3.8) is 0 Å². The number of hydrogen-bond donors (Lipinski definition) is 1. The lowest BCUT2D eigenvalue weighted by molar-refractivity contribution is -0.136. The summed E-state index contributed by atoms with van der Waals surface area (Å²) in [7, 11) is 1.95. The molecule has 0 saturated carbocycles. The molecule has 0 aliphatic rings. The first-order valence-corrected chi connectivity index (χ1v) is 8.67. The molecule has 0 amide bonds. The molecule has 0 bridgehead atoms. The van der Waals surface area contributed by atoms with Crippen molar-refractivity contribution in [1.29, 1.82) is 0 Å². The van der Waals surface area contributed by atoms with Crippen molar-refractivity contribution in [2.45, 2.75) is 13.0 Å². The van der Waals surface area contributed by atoms with Gasteiger partial charge in [-0.05, 0) is 30.3 Å². The molecule has 4 aromatic rings. The molecule has 3 heterocycles. The first kappa shape index (κ1) is 17.2. The van der Waals surface area contributed by atoms with E-state index in [9.17, 15) is 4.79 Å². The van der Waals surface area contributed by atoms with Crippen LogP contribution in [0, 0.1) is 0 Å². The van der Waals surface area contributed by atoms with Crippen LogP contribution in [0.1, 0.15) is 11.4 Å². The summed E-state index contributed by atoms with van der Waals surface area (Å²) in [5, 5.41) is 9.49. The molecule has 27 heavy (non-hydrogen) atoms. The molecule has 136 valence electrons. The molecular weight excluding hydrogens is 366 g/mol. The van der Waals surface area contributed by atoms with Gasteiger partial charge in [0.15, 0.2) is 0 Å². The molecule has 0 atom stereocenters. The Morgan fingerprint density at radius 2 is 2.04 bits per heavy atom. The summed E-state index contributed by atoms with van der Waals surface area (Å²) in [6, 6.07) is 9.52. The number of fused-ring (bicyclic) bond motifs is 1. The molecule has 7 nitrogen and oxygen atoms in total. The summed E-state index contributed by atoms with van der Waals surface area (Å²) in [6.07, 6.45) is 5.03. The van der Waals surface area contributed by atoms with Gasteiger partial charge < -0.3 is 14.2 Å². The molecule has 0 unspecified atom stereocenters. The SMILES string of the molecule is Cn1c(-c2ccc(Cn3cnc(CC(=O)O)c3)nc2)nc2ccc(Cl)cc21. The smallest absolute Gasteiger partial charge is 0.309 e. The van der Waals surface area contributed by atoms with E-state index in [1.54, 1.807) is 18.7 Å². The molecular formula is C19H16ClN5O2. The van der Waals surface area contributed by atoms with E-state index in [0.717, 1.165) is 28.1 Å². The van der Waals surface area contributed by atoms with Gasteiger partial charge >= 0.3 is 5.97 Å². The second kappa shape index (κ2) is 6.85. The molecule has 0 spiro atoms. The molecule has 0 radical (unpaired) electrons. The molecule has 0 aliphatic heterocycles. The summed E-state index contributed by atoms with van der Waals surface area (Å²) >= 11 is 6.08. The van der Waals surface area contributed by atoms with E-state index < -0.39 is 5.97 Å².